The van der Waals surface area contributed by atoms with Gasteiger partial charge in [0.1, 0.15) is 0 Å². The van der Waals surface area contributed by atoms with E-state index in [1.165, 1.54) is 0 Å². The molecule has 14 heavy (non-hydrogen) atoms. The Morgan fingerprint density at radius 3 is 2.57 bits per heavy atom. The first-order chi connectivity index (χ1) is 6.48. The van der Waals surface area contributed by atoms with Gasteiger partial charge in [0.2, 0.25) is 0 Å². The maximum absolute atomic E-state index is 4.36. The minimum absolute atomic E-state index is 0.0850. The van der Waals surface area contributed by atoms with E-state index < -0.39 is 0 Å². The van der Waals surface area contributed by atoms with Crippen molar-refractivity contribution in [3.05, 3.63) is 29.7 Å². The second-order valence-corrected chi connectivity index (χ2v) is 4.70. The Morgan fingerprint density at radius 2 is 1.93 bits per heavy atom. The molecule has 2 aromatic heterocycles. The van der Waals surface area contributed by atoms with Crippen molar-refractivity contribution >= 4 is 5.65 Å². The van der Waals surface area contributed by atoms with Gasteiger partial charge in [0.25, 0.3) is 0 Å². The van der Waals surface area contributed by atoms with E-state index in [2.05, 4.69) is 30.9 Å². The van der Waals surface area contributed by atoms with Crippen LogP contribution in [0.5, 0.6) is 0 Å². The van der Waals surface area contributed by atoms with Gasteiger partial charge in [-0.1, -0.05) is 20.8 Å². The van der Waals surface area contributed by atoms with Gasteiger partial charge in [-0.15, -0.1) is 0 Å². The lowest BCUT2D eigenvalue weighted by molar-refractivity contribution is 0.550. The Labute approximate surface area is 83.8 Å². The molecule has 0 spiro atoms. The average Bonchev–Trinajstić information content (AvgIpc) is 2.45. The van der Waals surface area contributed by atoms with Crippen LogP contribution in [0.1, 0.15) is 32.0 Å². The minimum Gasteiger partial charge on any atom is -0.235 e. The summed E-state index contributed by atoms with van der Waals surface area (Å²) in [6, 6.07) is 2.04. The largest absolute Gasteiger partial charge is 0.235 e. The summed E-state index contributed by atoms with van der Waals surface area (Å²) in [4.78, 5) is 4.35. The van der Waals surface area contributed by atoms with E-state index in [9.17, 15) is 0 Å². The number of imidazole rings is 1. The molecule has 0 fully saturated rings. The van der Waals surface area contributed by atoms with E-state index >= 15 is 0 Å². The lowest BCUT2D eigenvalue weighted by atomic mass is 9.93. The van der Waals surface area contributed by atoms with Crippen molar-refractivity contribution in [3.8, 4) is 0 Å². The molecule has 74 valence electrons. The average molecular weight is 189 g/mol. The molecular weight excluding hydrogens is 174 g/mol. The zero-order chi connectivity index (χ0) is 10.3. The van der Waals surface area contributed by atoms with Crippen LogP contribution >= 0.6 is 0 Å². The van der Waals surface area contributed by atoms with Gasteiger partial charge in [-0.3, -0.25) is 0 Å². The lowest BCUT2D eigenvalue weighted by Crippen LogP contribution is -2.15. The molecule has 0 saturated heterocycles. The quantitative estimate of drug-likeness (QED) is 0.636. The third-order valence-corrected chi connectivity index (χ3v) is 2.27. The Morgan fingerprint density at radius 1 is 1.21 bits per heavy atom. The lowest BCUT2D eigenvalue weighted by Gasteiger charge is -2.16. The number of fused-ring (bicyclic) bond motifs is 1. The second kappa shape index (κ2) is 2.80. The maximum Gasteiger partial charge on any atom is 0.154 e. The van der Waals surface area contributed by atoms with Crippen molar-refractivity contribution in [3.63, 3.8) is 0 Å². The fourth-order valence-corrected chi connectivity index (χ4v) is 1.48. The predicted octanol–water partition coefficient (Wildman–Crippen LogP) is 2.34. The van der Waals surface area contributed by atoms with E-state index in [1.54, 1.807) is 0 Å². The second-order valence-electron chi connectivity index (χ2n) is 4.70. The highest BCUT2D eigenvalue weighted by Gasteiger charge is 2.19. The summed E-state index contributed by atoms with van der Waals surface area (Å²) in [7, 11) is 0. The third-order valence-electron chi connectivity index (χ3n) is 2.27. The van der Waals surface area contributed by atoms with Crippen LogP contribution < -0.4 is 0 Å². The SMILES string of the molecule is Cc1cnn2c(C(C)(C)C)cnc2c1. The highest BCUT2D eigenvalue weighted by atomic mass is 15.3. The molecule has 0 atom stereocenters. The number of aromatic nitrogens is 3. The highest BCUT2D eigenvalue weighted by molar-refractivity contribution is 5.41. The molecule has 2 rings (SSSR count). The zero-order valence-corrected chi connectivity index (χ0v) is 9.07. The van der Waals surface area contributed by atoms with Crippen LogP contribution in [0, 0.1) is 6.92 Å². The van der Waals surface area contributed by atoms with Gasteiger partial charge in [0.15, 0.2) is 5.65 Å². The number of hydrogen-bond acceptors (Lipinski definition) is 2. The molecule has 0 N–H and O–H groups in total. The Bertz CT molecular complexity index is 463. The first-order valence-corrected chi connectivity index (χ1v) is 4.79. The molecule has 0 unspecified atom stereocenters. The molecule has 3 nitrogen and oxygen atoms in total. The Kier molecular flexibility index (Phi) is 1.84. The molecular formula is C11H15N3. The van der Waals surface area contributed by atoms with E-state index in [0.717, 1.165) is 16.9 Å². The maximum atomic E-state index is 4.36. The van der Waals surface area contributed by atoms with Crippen molar-refractivity contribution < 1.29 is 0 Å². The molecule has 3 heteroatoms. The van der Waals surface area contributed by atoms with Crippen molar-refractivity contribution in [2.24, 2.45) is 0 Å². The fraction of sp³-hybridized carbons (Fsp3) is 0.455. The minimum atomic E-state index is 0.0850. The van der Waals surface area contributed by atoms with Crippen molar-refractivity contribution in [1.82, 2.24) is 14.6 Å². The fourth-order valence-electron chi connectivity index (χ4n) is 1.48. The van der Waals surface area contributed by atoms with E-state index in [1.807, 2.05) is 29.9 Å². The monoisotopic (exact) mass is 189 g/mol. The third kappa shape index (κ3) is 1.39. The number of nitrogens with zero attached hydrogens (tertiary/aromatic N) is 3. The summed E-state index contributed by atoms with van der Waals surface area (Å²) < 4.78 is 1.91. The summed E-state index contributed by atoms with van der Waals surface area (Å²) in [5, 5.41) is 4.36. The predicted molar refractivity (Wildman–Crippen MR) is 56.4 cm³/mol. The molecule has 0 amide bonds. The number of rotatable bonds is 0. The first kappa shape index (κ1) is 9.19. The Balaban J connectivity index is 2.70. The normalized spacial score (nSPS) is 12.3. The van der Waals surface area contributed by atoms with Crippen molar-refractivity contribution in [2.45, 2.75) is 33.1 Å². The summed E-state index contributed by atoms with van der Waals surface area (Å²) in [6.07, 6.45) is 3.77. The smallest absolute Gasteiger partial charge is 0.154 e. The molecule has 0 aliphatic rings. The van der Waals surface area contributed by atoms with Crippen molar-refractivity contribution in [1.29, 1.82) is 0 Å². The summed E-state index contributed by atoms with van der Waals surface area (Å²) in [5.74, 6) is 0. The van der Waals surface area contributed by atoms with Crippen LogP contribution in [0.15, 0.2) is 18.5 Å². The molecule has 0 bridgehead atoms. The van der Waals surface area contributed by atoms with Gasteiger partial charge >= 0.3 is 0 Å². The molecule has 0 aliphatic heterocycles. The van der Waals surface area contributed by atoms with Gasteiger partial charge in [-0.05, 0) is 18.6 Å². The van der Waals surface area contributed by atoms with E-state index in [0.29, 0.717) is 0 Å². The molecule has 0 saturated carbocycles. The van der Waals surface area contributed by atoms with E-state index in [-0.39, 0.29) is 5.41 Å². The Hall–Kier alpha value is -1.38. The van der Waals surface area contributed by atoms with E-state index in [4.69, 9.17) is 0 Å². The van der Waals surface area contributed by atoms with Crippen LogP contribution in [-0.2, 0) is 5.41 Å². The van der Waals surface area contributed by atoms with Crippen LogP contribution in [0.25, 0.3) is 5.65 Å². The van der Waals surface area contributed by atoms with Crippen LogP contribution in [0.2, 0.25) is 0 Å². The number of aryl methyl sites for hydroxylation is 1. The van der Waals surface area contributed by atoms with Crippen LogP contribution in [0.4, 0.5) is 0 Å². The molecule has 0 aliphatic carbocycles. The highest BCUT2D eigenvalue weighted by Crippen LogP contribution is 2.22. The van der Waals surface area contributed by atoms with Gasteiger partial charge in [-0.2, -0.15) is 5.10 Å². The summed E-state index contributed by atoms with van der Waals surface area (Å²) in [6.45, 7) is 8.52. The number of hydrogen-bond donors (Lipinski definition) is 0. The topological polar surface area (TPSA) is 30.2 Å². The van der Waals surface area contributed by atoms with Gasteiger partial charge in [0.05, 0.1) is 18.1 Å². The molecule has 0 radical (unpaired) electrons. The van der Waals surface area contributed by atoms with Gasteiger partial charge in [-0.25, -0.2) is 9.50 Å². The standard InChI is InChI=1S/C11H15N3/c1-8-5-10-12-7-9(11(2,3)4)14(10)13-6-8/h5-7H,1-4H3. The molecule has 2 aromatic rings. The molecule has 0 aromatic carbocycles. The van der Waals surface area contributed by atoms with Crippen LogP contribution in [0.3, 0.4) is 0 Å². The summed E-state index contributed by atoms with van der Waals surface area (Å²) >= 11 is 0. The van der Waals surface area contributed by atoms with Gasteiger partial charge in [0, 0.05) is 5.41 Å². The van der Waals surface area contributed by atoms with Gasteiger partial charge < -0.3 is 0 Å². The summed E-state index contributed by atoms with van der Waals surface area (Å²) in [5.41, 5.74) is 3.30. The first-order valence-electron chi connectivity index (χ1n) is 4.79. The van der Waals surface area contributed by atoms with Crippen LogP contribution in [-0.4, -0.2) is 14.6 Å². The van der Waals surface area contributed by atoms with Crippen molar-refractivity contribution in [2.75, 3.05) is 0 Å². The molecule has 2 heterocycles. The zero-order valence-electron chi connectivity index (χ0n) is 9.07.